The van der Waals surface area contributed by atoms with Crippen LogP contribution >= 0.6 is 0 Å². The van der Waals surface area contributed by atoms with Crippen LogP contribution in [0.15, 0.2) is 30.3 Å². The molecule has 1 aromatic carbocycles. The molecule has 1 N–H and O–H groups in total. The van der Waals surface area contributed by atoms with Gasteiger partial charge in [0, 0.05) is 25.0 Å². The Bertz CT molecular complexity index is 642. The van der Waals surface area contributed by atoms with Crippen LogP contribution in [0.3, 0.4) is 0 Å². The molecule has 0 spiro atoms. The first-order valence-electron chi connectivity index (χ1n) is 6.11. The third kappa shape index (κ3) is 2.20. The zero-order valence-electron chi connectivity index (χ0n) is 10.6. The Balaban J connectivity index is 1.83. The van der Waals surface area contributed by atoms with Crippen molar-refractivity contribution in [1.29, 1.82) is 5.26 Å². The molecule has 0 radical (unpaired) electrons. The molecular formula is C14H13N5. The van der Waals surface area contributed by atoms with Crippen LogP contribution in [0.4, 0.5) is 17.2 Å². The Morgan fingerprint density at radius 3 is 2.89 bits per heavy atom. The zero-order chi connectivity index (χ0) is 13.2. The van der Waals surface area contributed by atoms with E-state index < -0.39 is 0 Å². The summed E-state index contributed by atoms with van der Waals surface area (Å²) in [7, 11) is 2.09. The summed E-state index contributed by atoms with van der Waals surface area (Å²) in [5.74, 6) is 0.639. The Kier molecular flexibility index (Phi) is 2.76. The van der Waals surface area contributed by atoms with Crippen LogP contribution in [0, 0.1) is 11.3 Å². The predicted octanol–water partition coefficient (Wildman–Crippen LogP) is 2.08. The van der Waals surface area contributed by atoms with Crippen LogP contribution in [0.5, 0.6) is 0 Å². The second-order valence-electron chi connectivity index (χ2n) is 4.56. The number of rotatable bonds is 2. The van der Waals surface area contributed by atoms with Crippen LogP contribution < -0.4 is 10.2 Å². The summed E-state index contributed by atoms with van der Waals surface area (Å²) >= 11 is 0. The number of nitrogens with zero attached hydrogens (tertiary/aromatic N) is 4. The molecule has 5 nitrogen and oxygen atoms in total. The average molecular weight is 251 g/mol. The molecule has 2 aromatic rings. The molecule has 1 aliphatic rings. The highest BCUT2D eigenvalue weighted by atomic mass is 15.2. The van der Waals surface area contributed by atoms with Gasteiger partial charge in [-0.25, -0.2) is 0 Å². The van der Waals surface area contributed by atoms with Gasteiger partial charge in [-0.15, -0.1) is 10.2 Å². The van der Waals surface area contributed by atoms with Crippen molar-refractivity contribution >= 4 is 17.2 Å². The van der Waals surface area contributed by atoms with E-state index in [-0.39, 0.29) is 0 Å². The van der Waals surface area contributed by atoms with E-state index >= 15 is 0 Å². The summed E-state index contributed by atoms with van der Waals surface area (Å²) in [6.07, 6.45) is 1.10. The fourth-order valence-electron chi connectivity index (χ4n) is 2.22. The van der Waals surface area contributed by atoms with Crippen molar-refractivity contribution in [2.24, 2.45) is 0 Å². The maximum Gasteiger partial charge on any atom is 0.163 e. The maximum atomic E-state index is 8.67. The molecule has 19 heavy (non-hydrogen) atoms. The van der Waals surface area contributed by atoms with Crippen molar-refractivity contribution in [1.82, 2.24) is 10.2 Å². The number of nitriles is 1. The molecule has 0 fully saturated rings. The van der Waals surface area contributed by atoms with Crippen molar-refractivity contribution in [3.63, 3.8) is 0 Å². The van der Waals surface area contributed by atoms with Crippen molar-refractivity contribution in [3.05, 3.63) is 41.6 Å². The summed E-state index contributed by atoms with van der Waals surface area (Å²) in [4.78, 5) is 2.24. The molecule has 0 saturated heterocycles. The van der Waals surface area contributed by atoms with Crippen LogP contribution in [0.2, 0.25) is 0 Å². The number of likely N-dealkylation sites (N-methyl/N-ethyl adjacent to an activating group) is 1. The standard InChI is InChI=1S/C14H13N5/c1-19-7-6-10-2-3-11(8-13(10)19)16-14-5-4-12(9-15)17-18-14/h2-5,8H,6-7H2,1H3,(H,16,18). The Labute approximate surface area is 111 Å². The quantitative estimate of drug-likeness (QED) is 0.885. The van der Waals surface area contributed by atoms with E-state index in [1.165, 1.54) is 11.3 Å². The molecule has 0 amide bonds. The average Bonchev–Trinajstić information content (AvgIpc) is 2.81. The molecule has 2 heterocycles. The van der Waals surface area contributed by atoms with Gasteiger partial charge in [0.2, 0.25) is 0 Å². The van der Waals surface area contributed by atoms with E-state index in [9.17, 15) is 0 Å². The van der Waals surface area contributed by atoms with Gasteiger partial charge in [-0.05, 0) is 36.2 Å². The van der Waals surface area contributed by atoms with E-state index in [2.05, 4.69) is 39.6 Å². The maximum absolute atomic E-state index is 8.67. The number of benzene rings is 1. The summed E-state index contributed by atoms with van der Waals surface area (Å²) < 4.78 is 0. The fourth-order valence-corrected chi connectivity index (χ4v) is 2.22. The summed E-state index contributed by atoms with van der Waals surface area (Å²) in [6.45, 7) is 1.06. The van der Waals surface area contributed by atoms with E-state index in [4.69, 9.17) is 5.26 Å². The zero-order valence-corrected chi connectivity index (χ0v) is 10.6. The topological polar surface area (TPSA) is 64.8 Å². The van der Waals surface area contributed by atoms with Gasteiger partial charge in [-0.1, -0.05) is 6.07 Å². The van der Waals surface area contributed by atoms with E-state index in [0.717, 1.165) is 18.7 Å². The number of nitrogens with one attached hydrogen (secondary N) is 1. The van der Waals surface area contributed by atoms with Crippen LogP contribution in [-0.2, 0) is 6.42 Å². The lowest BCUT2D eigenvalue weighted by atomic mass is 10.1. The van der Waals surface area contributed by atoms with Gasteiger partial charge in [0.25, 0.3) is 0 Å². The minimum atomic E-state index is 0.319. The highest BCUT2D eigenvalue weighted by molar-refractivity contribution is 5.68. The number of hydrogen-bond donors (Lipinski definition) is 1. The summed E-state index contributed by atoms with van der Waals surface area (Å²) in [5.41, 5.74) is 3.93. The molecule has 0 atom stereocenters. The largest absolute Gasteiger partial charge is 0.374 e. The SMILES string of the molecule is CN1CCc2ccc(Nc3ccc(C#N)nn3)cc21. The lowest BCUT2D eigenvalue weighted by molar-refractivity contribution is 0.956. The highest BCUT2D eigenvalue weighted by Crippen LogP contribution is 2.30. The lowest BCUT2D eigenvalue weighted by Gasteiger charge is -2.13. The predicted molar refractivity (Wildman–Crippen MR) is 73.4 cm³/mol. The molecule has 1 aromatic heterocycles. The second kappa shape index (κ2) is 4.58. The molecule has 0 unspecified atom stereocenters. The molecule has 0 saturated carbocycles. The van der Waals surface area contributed by atoms with Crippen molar-refractivity contribution in [3.8, 4) is 6.07 Å². The van der Waals surface area contributed by atoms with E-state index in [1.54, 1.807) is 12.1 Å². The molecule has 0 aliphatic carbocycles. The molecular weight excluding hydrogens is 238 g/mol. The first-order chi connectivity index (χ1) is 9.26. The first-order valence-corrected chi connectivity index (χ1v) is 6.11. The normalized spacial score (nSPS) is 12.9. The Hall–Kier alpha value is -2.61. The van der Waals surface area contributed by atoms with Crippen LogP contribution in [-0.4, -0.2) is 23.8 Å². The minimum absolute atomic E-state index is 0.319. The number of anilines is 3. The van der Waals surface area contributed by atoms with Gasteiger partial charge in [-0.3, -0.25) is 0 Å². The lowest BCUT2D eigenvalue weighted by Crippen LogP contribution is -2.12. The first kappa shape index (κ1) is 11.5. The van der Waals surface area contributed by atoms with Gasteiger partial charge < -0.3 is 10.2 Å². The van der Waals surface area contributed by atoms with Gasteiger partial charge in [-0.2, -0.15) is 5.26 Å². The van der Waals surface area contributed by atoms with E-state index in [0.29, 0.717) is 11.5 Å². The highest BCUT2D eigenvalue weighted by Gasteiger charge is 2.15. The summed E-state index contributed by atoms with van der Waals surface area (Å²) in [5, 5.41) is 19.6. The molecule has 3 rings (SSSR count). The fraction of sp³-hybridized carbons (Fsp3) is 0.214. The monoisotopic (exact) mass is 251 g/mol. The van der Waals surface area contributed by atoms with Crippen molar-refractivity contribution in [2.75, 3.05) is 23.8 Å². The second-order valence-corrected chi connectivity index (χ2v) is 4.56. The third-order valence-electron chi connectivity index (χ3n) is 3.26. The molecule has 5 heteroatoms. The minimum Gasteiger partial charge on any atom is -0.374 e. The molecule has 0 bridgehead atoms. The van der Waals surface area contributed by atoms with Gasteiger partial charge in [0.05, 0.1) is 0 Å². The third-order valence-corrected chi connectivity index (χ3v) is 3.26. The van der Waals surface area contributed by atoms with E-state index in [1.807, 2.05) is 12.1 Å². The number of fused-ring (bicyclic) bond motifs is 1. The Morgan fingerprint density at radius 1 is 1.26 bits per heavy atom. The molecule has 94 valence electrons. The number of hydrogen-bond acceptors (Lipinski definition) is 5. The van der Waals surface area contributed by atoms with Crippen molar-refractivity contribution < 1.29 is 0 Å². The van der Waals surface area contributed by atoms with Crippen LogP contribution in [0.1, 0.15) is 11.3 Å². The van der Waals surface area contributed by atoms with Crippen LogP contribution in [0.25, 0.3) is 0 Å². The van der Waals surface area contributed by atoms with Gasteiger partial charge in [0.1, 0.15) is 6.07 Å². The molecule has 1 aliphatic heterocycles. The van der Waals surface area contributed by atoms with Gasteiger partial charge >= 0.3 is 0 Å². The van der Waals surface area contributed by atoms with Crippen molar-refractivity contribution in [2.45, 2.75) is 6.42 Å². The summed E-state index contributed by atoms with van der Waals surface area (Å²) in [6, 6.07) is 11.6. The Morgan fingerprint density at radius 2 is 2.16 bits per heavy atom. The smallest absolute Gasteiger partial charge is 0.163 e. The van der Waals surface area contributed by atoms with Gasteiger partial charge in [0.15, 0.2) is 11.5 Å². The number of aromatic nitrogens is 2.